The molecule has 0 radical (unpaired) electrons. The van der Waals surface area contributed by atoms with Gasteiger partial charge in [-0.1, -0.05) is 31.0 Å². The summed E-state index contributed by atoms with van der Waals surface area (Å²) in [5.41, 5.74) is 0.637. The zero-order valence-electron chi connectivity index (χ0n) is 11.6. The van der Waals surface area contributed by atoms with Gasteiger partial charge in [0.15, 0.2) is 0 Å². The summed E-state index contributed by atoms with van der Waals surface area (Å²) in [6, 6.07) is 9.12. The highest BCUT2D eigenvalue weighted by Gasteiger charge is 2.27. The molecule has 1 aliphatic rings. The van der Waals surface area contributed by atoms with Gasteiger partial charge in [-0.05, 0) is 31.2 Å². The van der Waals surface area contributed by atoms with Gasteiger partial charge in [-0.15, -0.1) is 0 Å². The number of carbonyl (C=O) groups excluding carboxylic acids is 2. The van der Waals surface area contributed by atoms with Crippen LogP contribution in [-0.4, -0.2) is 29.4 Å². The van der Waals surface area contributed by atoms with Gasteiger partial charge in [0.1, 0.15) is 0 Å². The summed E-state index contributed by atoms with van der Waals surface area (Å²) in [5, 5.41) is 5.89. The highest BCUT2D eigenvalue weighted by Crippen LogP contribution is 2.27. The second kappa shape index (κ2) is 7.33. The molecule has 108 valence electrons. The first kappa shape index (κ1) is 14.9. The molecule has 1 saturated carbocycles. The molecule has 0 heterocycles. The lowest BCUT2D eigenvalue weighted by Crippen LogP contribution is -2.47. The molecule has 2 N–H and O–H groups in total. The van der Waals surface area contributed by atoms with Crippen molar-refractivity contribution in [3.63, 3.8) is 0 Å². The van der Waals surface area contributed by atoms with E-state index >= 15 is 0 Å². The fourth-order valence-electron chi connectivity index (χ4n) is 2.49. The van der Waals surface area contributed by atoms with E-state index in [2.05, 4.69) is 16.9 Å². The van der Waals surface area contributed by atoms with Gasteiger partial charge in [-0.2, -0.15) is 11.8 Å². The summed E-state index contributed by atoms with van der Waals surface area (Å²) in [5.74, 6) is -1.14. The largest absolute Gasteiger partial charge is 0.344 e. The monoisotopic (exact) mass is 292 g/mol. The topological polar surface area (TPSA) is 58.2 Å². The van der Waals surface area contributed by atoms with Crippen molar-refractivity contribution >= 4 is 29.3 Å². The Hall–Kier alpha value is -1.49. The Morgan fingerprint density at radius 3 is 2.50 bits per heavy atom. The summed E-state index contributed by atoms with van der Waals surface area (Å²) in [6.07, 6.45) is 6.43. The van der Waals surface area contributed by atoms with Crippen LogP contribution in [0.25, 0.3) is 0 Å². The number of hydrogen-bond donors (Lipinski definition) is 2. The van der Waals surface area contributed by atoms with E-state index in [1.807, 2.05) is 18.2 Å². The zero-order chi connectivity index (χ0) is 14.4. The van der Waals surface area contributed by atoms with E-state index in [-0.39, 0.29) is 6.04 Å². The molecule has 20 heavy (non-hydrogen) atoms. The van der Waals surface area contributed by atoms with Crippen molar-refractivity contribution in [1.82, 2.24) is 5.32 Å². The highest BCUT2D eigenvalue weighted by molar-refractivity contribution is 7.99. The van der Waals surface area contributed by atoms with Crippen LogP contribution in [0.4, 0.5) is 5.69 Å². The normalized spacial score (nSPS) is 22.1. The molecule has 0 aliphatic heterocycles. The van der Waals surface area contributed by atoms with Crippen LogP contribution in [0.3, 0.4) is 0 Å². The van der Waals surface area contributed by atoms with Crippen molar-refractivity contribution in [2.24, 2.45) is 0 Å². The van der Waals surface area contributed by atoms with E-state index in [0.29, 0.717) is 10.9 Å². The number of hydrogen-bond acceptors (Lipinski definition) is 3. The molecular formula is C15H20N2O2S. The fraction of sp³-hybridized carbons (Fsp3) is 0.467. The molecule has 0 saturated heterocycles. The van der Waals surface area contributed by atoms with Gasteiger partial charge >= 0.3 is 11.8 Å². The van der Waals surface area contributed by atoms with E-state index in [9.17, 15) is 9.59 Å². The third-order valence-electron chi connectivity index (χ3n) is 3.56. The number of nitrogens with one attached hydrogen (secondary N) is 2. The molecule has 2 amide bonds. The molecule has 0 spiro atoms. The lowest BCUT2D eigenvalue weighted by molar-refractivity contribution is -0.136. The number of benzene rings is 1. The first-order valence-corrected chi connectivity index (χ1v) is 8.19. The third kappa shape index (κ3) is 4.00. The fourth-order valence-corrected chi connectivity index (χ4v) is 3.42. The quantitative estimate of drug-likeness (QED) is 0.841. The number of amides is 2. The van der Waals surface area contributed by atoms with Gasteiger partial charge in [0.05, 0.1) is 0 Å². The van der Waals surface area contributed by atoms with Crippen LogP contribution in [0.2, 0.25) is 0 Å². The Morgan fingerprint density at radius 2 is 1.80 bits per heavy atom. The number of thioether (sulfide) groups is 1. The number of para-hydroxylation sites is 1. The highest BCUT2D eigenvalue weighted by atomic mass is 32.2. The molecule has 1 aliphatic carbocycles. The Balaban J connectivity index is 1.89. The molecule has 4 nitrogen and oxygen atoms in total. The van der Waals surface area contributed by atoms with E-state index in [1.165, 1.54) is 6.42 Å². The summed E-state index contributed by atoms with van der Waals surface area (Å²) in [7, 11) is 0. The van der Waals surface area contributed by atoms with Crippen molar-refractivity contribution < 1.29 is 9.59 Å². The second-order valence-corrected chi connectivity index (χ2v) is 6.04. The predicted molar refractivity (Wildman–Crippen MR) is 82.8 cm³/mol. The molecule has 5 heteroatoms. The Kier molecular flexibility index (Phi) is 5.47. The van der Waals surface area contributed by atoms with Crippen molar-refractivity contribution in [3.8, 4) is 0 Å². The maximum absolute atomic E-state index is 11.9. The van der Waals surface area contributed by atoms with Crippen molar-refractivity contribution in [1.29, 1.82) is 0 Å². The van der Waals surface area contributed by atoms with E-state index in [0.717, 1.165) is 19.3 Å². The Labute approximate surface area is 123 Å². The number of rotatable bonds is 3. The van der Waals surface area contributed by atoms with Crippen LogP contribution in [0.5, 0.6) is 0 Å². The van der Waals surface area contributed by atoms with Crippen LogP contribution < -0.4 is 10.6 Å². The van der Waals surface area contributed by atoms with Gasteiger partial charge in [0, 0.05) is 17.0 Å². The minimum atomic E-state index is -0.596. The van der Waals surface area contributed by atoms with Gasteiger partial charge in [0.2, 0.25) is 0 Å². The molecule has 0 aromatic heterocycles. The van der Waals surface area contributed by atoms with Crippen molar-refractivity contribution in [2.75, 3.05) is 11.6 Å². The summed E-state index contributed by atoms with van der Waals surface area (Å²) < 4.78 is 0. The van der Waals surface area contributed by atoms with Crippen molar-refractivity contribution in [2.45, 2.75) is 37.0 Å². The average molecular weight is 292 g/mol. The molecule has 1 aromatic carbocycles. The molecular weight excluding hydrogens is 272 g/mol. The van der Waals surface area contributed by atoms with Crippen LogP contribution in [-0.2, 0) is 9.59 Å². The molecule has 1 fully saturated rings. The molecule has 2 rings (SSSR count). The van der Waals surface area contributed by atoms with Gasteiger partial charge in [-0.25, -0.2) is 0 Å². The maximum Gasteiger partial charge on any atom is 0.313 e. The summed E-state index contributed by atoms with van der Waals surface area (Å²) >= 11 is 1.77. The number of carbonyl (C=O) groups is 2. The van der Waals surface area contributed by atoms with Gasteiger partial charge in [0.25, 0.3) is 0 Å². The first-order valence-electron chi connectivity index (χ1n) is 6.90. The molecule has 1 aromatic rings. The standard InChI is InChI=1S/C15H20N2O2S/c1-20-13-10-6-5-9-12(13)17-15(19)14(18)16-11-7-3-2-4-8-11/h2-4,7-8,12-13H,5-6,9-10H2,1H3,(H,16,18)(H,17,19)/t12-,13+/m0/s1. The van der Waals surface area contributed by atoms with Crippen LogP contribution in [0.15, 0.2) is 30.3 Å². The van der Waals surface area contributed by atoms with Crippen LogP contribution in [0.1, 0.15) is 25.7 Å². The second-order valence-electron chi connectivity index (χ2n) is 4.96. The SMILES string of the molecule is CS[C@@H]1CCCC[C@@H]1NC(=O)C(=O)Nc1ccccc1. The zero-order valence-corrected chi connectivity index (χ0v) is 12.4. The predicted octanol–water partition coefficient (Wildman–Crippen LogP) is 2.42. The van der Waals surface area contributed by atoms with Crippen molar-refractivity contribution in [3.05, 3.63) is 30.3 Å². The van der Waals surface area contributed by atoms with Crippen LogP contribution >= 0.6 is 11.8 Å². The summed E-state index contributed by atoms with van der Waals surface area (Å²) in [4.78, 5) is 23.8. The minimum absolute atomic E-state index is 0.104. The van der Waals surface area contributed by atoms with Crippen LogP contribution in [0, 0.1) is 0 Å². The molecule has 0 unspecified atom stereocenters. The Morgan fingerprint density at radius 1 is 1.10 bits per heavy atom. The lowest BCUT2D eigenvalue weighted by atomic mass is 9.95. The smallest absolute Gasteiger partial charge is 0.313 e. The van der Waals surface area contributed by atoms with Gasteiger partial charge in [-0.3, -0.25) is 9.59 Å². The molecule has 2 atom stereocenters. The van der Waals surface area contributed by atoms with E-state index in [1.54, 1.807) is 23.9 Å². The first-order chi connectivity index (χ1) is 9.70. The Bertz CT molecular complexity index is 464. The maximum atomic E-state index is 11.9. The number of anilines is 1. The van der Waals surface area contributed by atoms with E-state index in [4.69, 9.17) is 0 Å². The lowest BCUT2D eigenvalue weighted by Gasteiger charge is -2.30. The average Bonchev–Trinajstić information content (AvgIpc) is 2.48. The van der Waals surface area contributed by atoms with E-state index < -0.39 is 11.8 Å². The third-order valence-corrected chi connectivity index (χ3v) is 4.73. The summed E-state index contributed by atoms with van der Waals surface area (Å²) in [6.45, 7) is 0. The molecule has 0 bridgehead atoms. The van der Waals surface area contributed by atoms with Gasteiger partial charge < -0.3 is 10.6 Å². The minimum Gasteiger partial charge on any atom is -0.344 e.